The Morgan fingerprint density at radius 1 is 1.62 bits per heavy atom. The molecule has 1 amide bonds. The fourth-order valence-electron chi connectivity index (χ4n) is 0.787. The van der Waals surface area contributed by atoms with Crippen molar-refractivity contribution in [3.05, 3.63) is 35.7 Å². The summed E-state index contributed by atoms with van der Waals surface area (Å²) in [7, 11) is 0. The Bertz CT molecular complexity index is 316. The standard InChI is InChI=1S/C9H11N3O/c1-7-2-3-8(11-6-7)4-5-9(13)12-10/h2-6H,10H2,1H3,(H,12,13). The van der Waals surface area contributed by atoms with E-state index in [2.05, 4.69) is 4.98 Å². The highest BCUT2D eigenvalue weighted by Crippen LogP contribution is 1.99. The van der Waals surface area contributed by atoms with Crippen LogP contribution in [-0.2, 0) is 4.79 Å². The molecule has 1 heterocycles. The van der Waals surface area contributed by atoms with Gasteiger partial charge >= 0.3 is 0 Å². The van der Waals surface area contributed by atoms with Gasteiger partial charge in [-0.1, -0.05) is 6.07 Å². The number of aromatic nitrogens is 1. The van der Waals surface area contributed by atoms with Crippen molar-refractivity contribution in [2.24, 2.45) is 5.84 Å². The maximum Gasteiger partial charge on any atom is 0.257 e. The van der Waals surface area contributed by atoms with E-state index in [4.69, 9.17) is 5.84 Å². The molecule has 0 fully saturated rings. The summed E-state index contributed by atoms with van der Waals surface area (Å²) in [5.74, 6) is 4.54. The summed E-state index contributed by atoms with van der Waals surface area (Å²) in [6, 6.07) is 3.75. The van der Waals surface area contributed by atoms with E-state index in [1.54, 1.807) is 12.3 Å². The molecule has 0 atom stereocenters. The van der Waals surface area contributed by atoms with Gasteiger partial charge in [0.15, 0.2) is 0 Å². The van der Waals surface area contributed by atoms with Gasteiger partial charge in [-0.05, 0) is 24.6 Å². The largest absolute Gasteiger partial charge is 0.291 e. The van der Waals surface area contributed by atoms with Crippen LogP contribution in [0.1, 0.15) is 11.3 Å². The SMILES string of the molecule is Cc1ccc(C=CC(=O)NN)nc1. The maximum absolute atomic E-state index is 10.7. The van der Waals surface area contributed by atoms with E-state index in [1.165, 1.54) is 6.08 Å². The van der Waals surface area contributed by atoms with Crippen LogP contribution in [0, 0.1) is 6.92 Å². The summed E-state index contributed by atoms with van der Waals surface area (Å²) >= 11 is 0. The number of nitrogens with one attached hydrogen (secondary N) is 1. The van der Waals surface area contributed by atoms with E-state index in [9.17, 15) is 4.79 Å². The molecule has 0 radical (unpaired) electrons. The molecule has 0 spiro atoms. The zero-order valence-electron chi connectivity index (χ0n) is 7.32. The molecule has 4 heteroatoms. The number of nitrogens with two attached hydrogens (primary N) is 1. The molecule has 0 bridgehead atoms. The quantitative estimate of drug-likeness (QED) is 0.297. The maximum atomic E-state index is 10.7. The predicted molar refractivity (Wildman–Crippen MR) is 50.3 cm³/mol. The Kier molecular flexibility index (Phi) is 3.16. The van der Waals surface area contributed by atoms with Gasteiger partial charge in [0.2, 0.25) is 0 Å². The number of aryl methyl sites for hydroxylation is 1. The summed E-state index contributed by atoms with van der Waals surface area (Å²) in [6.45, 7) is 1.95. The number of carbonyl (C=O) groups is 1. The van der Waals surface area contributed by atoms with Crippen molar-refractivity contribution in [1.82, 2.24) is 10.4 Å². The highest BCUT2D eigenvalue weighted by atomic mass is 16.2. The molecular formula is C9H11N3O. The first-order valence-corrected chi connectivity index (χ1v) is 3.83. The Balaban J connectivity index is 2.69. The zero-order chi connectivity index (χ0) is 9.68. The molecule has 1 aromatic rings. The first-order chi connectivity index (χ1) is 6.22. The summed E-state index contributed by atoms with van der Waals surface area (Å²) < 4.78 is 0. The highest BCUT2D eigenvalue weighted by Gasteiger charge is 1.90. The summed E-state index contributed by atoms with van der Waals surface area (Å²) in [4.78, 5) is 14.8. The van der Waals surface area contributed by atoms with E-state index in [-0.39, 0.29) is 5.91 Å². The third-order valence-corrected chi connectivity index (χ3v) is 1.48. The average molecular weight is 177 g/mol. The lowest BCUT2D eigenvalue weighted by Crippen LogP contribution is -2.27. The Morgan fingerprint density at radius 3 is 2.92 bits per heavy atom. The number of hydrazine groups is 1. The smallest absolute Gasteiger partial charge is 0.257 e. The second-order valence-electron chi connectivity index (χ2n) is 2.60. The van der Waals surface area contributed by atoms with Crippen LogP contribution < -0.4 is 11.3 Å². The third kappa shape index (κ3) is 3.04. The minimum atomic E-state index is -0.345. The van der Waals surface area contributed by atoms with Crippen LogP contribution in [0.15, 0.2) is 24.4 Å². The van der Waals surface area contributed by atoms with E-state index in [0.717, 1.165) is 11.3 Å². The molecular weight excluding hydrogens is 166 g/mol. The number of carbonyl (C=O) groups excluding carboxylic acids is 1. The number of hydrogen-bond donors (Lipinski definition) is 2. The molecule has 0 unspecified atom stereocenters. The number of rotatable bonds is 2. The van der Waals surface area contributed by atoms with Crippen LogP contribution in [0.5, 0.6) is 0 Å². The third-order valence-electron chi connectivity index (χ3n) is 1.48. The van der Waals surface area contributed by atoms with Crippen LogP contribution in [-0.4, -0.2) is 10.9 Å². The second-order valence-corrected chi connectivity index (χ2v) is 2.60. The topological polar surface area (TPSA) is 68.0 Å². The molecule has 0 aromatic carbocycles. The first-order valence-electron chi connectivity index (χ1n) is 3.83. The zero-order valence-corrected chi connectivity index (χ0v) is 7.32. The molecule has 1 rings (SSSR count). The number of nitrogens with zero attached hydrogens (tertiary/aromatic N) is 1. The van der Waals surface area contributed by atoms with Crippen molar-refractivity contribution in [1.29, 1.82) is 0 Å². The van der Waals surface area contributed by atoms with Gasteiger partial charge in [0.1, 0.15) is 0 Å². The lowest BCUT2D eigenvalue weighted by molar-refractivity contribution is -0.116. The predicted octanol–water partition coefficient (Wildman–Crippen LogP) is 0.393. The Hall–Kier alpha value is -1.68. The van der Waals surface area contributed by atoms with Crippen LogP contribution in [0.2, 0.25) is 0 Å². The Morgan fingerprint density at radius 2 is 2.38 bits per heavy atom. The van der Waals surface area contributed by atoms with Crippen molar-refractivity contribution < 1.29 is 4.79 Å². The van der Waals surface area contributed by atoms with Gasteiger partial charge in [0, 0.05) is 12.3 Å². The fraction of sp³-hybridized carbons (Fsp3) is 0.111. The fourth-order valence-corrected chi connectivity index (χ4v) is 0.787. The van der Waals surface area contributed by atoms with Gasteiger partial charge in [-0.2, -0.15) is 0 Å². The molecule has 3 N–H and O–H groups in total. The summed E-state index contributed by atoms with van der Waals surface area (Å²) in [6.07, 6.45) is 4.67. The van der Waals surface area contributed by atoms with Crippen LogP contribution in [0.4, 0.5) is 0 Å². The van der Waals surface area contributed by atoms with Gasteiger partial charge in [0.05, 0.1) is 5.69 Å². The van der Waals surface area contributed by atoms with Crippen molar-refractivity contribution in [2.75, 3.05) is 0 Å². The van der Waals surface area contributed by atoms with E-state index < -0.39 is 0 Å². The molecule has 4 nitrogen and oxygen atoms in total. The first kappa shape index (κ1) is 9.41. The molecule has 0 aliphatic heterocycles. The minimum Gasteiger partial charge on any atom is -0.291 e. The van der Waals surface area contributed by atoms with Gasteiger partial charge < -0.3 is 0 Å². The number of amides is 1. The summed E-state index contributed by atoms with van der Waals surface area (Å²) in [5.41, 5.74) is 3.81. The second kappa shape index (κ2) is 4.37. The molecule has 13 heavy (non-hydrogen) atoms. The number of pyridine rings is 1. The Labute approximate surface area is 76.4 Å². The molecule has 0 aliphatic carbocycles. The van der Waals surface area contributed by atoms with Crippen LogP contribution in [0.25, 0.3) is 6.08 Å². The van der Waals surface area contributed by atoms with E-state index in [1.807, 2.05) is 24.5 Å². The lowest BCUT2D eigenvalue weighted by atomic mass is 10.2. The van der Waals surface area contributed by atoms with Gasteiger partial charge in [-0.25, -0.2) is 5.84 Å². The molecule has 0 aliphatic rings. The van der Waals surface area contributed by atoms with E-state index >= 15 is 0 Å². The normalized spacial score (nSPS) is 10.3. The van der Waals surface area contributed by atoms with Crippen molar-refractivity contribution in [2.45, 2.75) is 6.92 Å². The molecule has 0 saturated carbocycles. The summed E-state index contributed by atoms with van der Waals surface area (Å²) in [5, 5.41) is 0. The van der Waals surface area contributed by atoms with Crippen molar-refractivity contribution in [3.63, 3.8) is 0 Å². The molecule has 0 saturated heterocycles. The van der Waals surface area contributed by atoms with Gasteiger partial charge in [0.25, 0.3) is 5.91 Å². The minimum absolute atomic E-state index is 0.345. The van der Waals surface area contributed by atoms with Gasteiger partial charge in [-0.15, -0.1) is 0 Å². The van der Waals surface area contributed by atoms with Crippen molar-refractivity contribution >= 4 is 12.0 Å². The van der Waals surface area contributed by atoms with Crippen LogP contribution in [0.3, 0.4) is 0 Å². The lowest BCUT2D eigenvalue weighted by Gasteiger charge is -1.93. The monoisotopic (exact) mass is 177 g/mol. The average Bonchev–Trinajstić information content (AvgIpc) is 2.16. The van der Waals surface area contributed by atoms with Gasteiger partial charge in [-0.3, -0.25) is 15.2 Å². The van der Waals surface area contributed by atoms with Crippen LogP contribution >= 0.6 is 0 Å². The molecule has 68 valence electrons. The highest BCUT2D eigenvalue weighted by molar-refractivity contribution is 5.90. The molecule has 1 aromatic heterocycles. The number of hydrogen-bond acceptors (Lipinski definition) is 3. The van der Waals surface area contributed by atoms with E-state index in [0.29, 0.717) is 0 Å². The van der Waals surface area contributed by atoms with Crippen molar-refractivity contribution in [3.8, 4) is 0 Å².